The summed E-state index contributed by atoms with van der Waals surface area (Å²) >= 11 is 0. The second-order valence-electron chi connectivity index (χ2n) is 6.51. The van der Waals surface area contributed by atoms with E-state index in [1.54, 1.807) is 12.1 Å². The topological polar surface area (TPSA) is 103 Å². The van der Waals surface area contributed by atoms with Crippen LogP contribution in [0.3, 0.4) is 0 Å². The lowest BCUT2D eigenvalue weighted by atomic mass is 10.1. The fourth-order valence-electron chi connectivity index (χ4n) is 3.36. The molecular weight excluding hydrogens is 362 g/mol. The molecule has 3 aromatic rings. The van der Waals surface area contributed by atoms with E-state index < -0.39 is 0 Å². The number of rotatable bonds is 4. The highest BCUT2D eigenvalue weighted by molar-refractivity contribution is 5.70. The van der Waals surface area contributed by atoms with Crippen LogP contribution in [0.25, 0.3) is 16.9 Å². The lowest BCUT2D eigenvalue weighted by molar-refractivity contribution is 0.0279. The monoisotopic (exact) mass is 383 g/mol. The first-order chi connectivity index (χ1) is 13.6. The van der Waals surface area contributed by atoms with Crippen LogP contribution >= 0.6 is 0 Å². The molecule has 146 valence electrons. The van der Waals surface area contributed by atoms with Crippen molar-refractivity contribution >= 4 is 17.0 Å². The van der Waals surface area contributed by atoms with Crippen LogP contribution < -0.4 is 25.7 Å². The highest BCUT2D eigenvalue weighted by Gasteiger charge is 2.14. The van der Waals surface area contributed by atoms with Crippen molar-refractivity contribution in [1.82, 2.24) is 14.7 Å². The lowest BCUT2D eigenvalue weighted by Crippen LogP contribution is -2.43. The van der Waals surface area contributed by atoms with E-state index in [1.165, 1.54) is 23.6 Å². The number of anilines is 2. The number of methoxy groups -OCH3 is 1. The minimum Gasteiger partial charge on any atom is -0.494 e. The van der Waals surface area contributed by atoms with Gasteiger partial charge in [0.15, 0.2) is 0 Å². The van der Waals surface area contributed by atoms with Crippen molar-refractivity contribution in [3.8, 4) is 17.0 Å². The van der Waals surface area contributed by atoms with Crippen LogP contribution in [0, 0.1) is 0 Å². The van der Waals surface area contributed by atoms with Gasteiger partial charge in [-0.2, -0.15) is 0 Å². The average Bonchev–Trinajstić information content (AvgIpc) is 2.73. The van der Waals surface area contributed by atoms with E-state index in [1.807, 2.05) is 18.3 Å². The van der Waals surface area contributed by atoms with Gasteiger partial charge >= 0.3 is 0 Å². The number of aromatic nitrogens is 2. The molecule has 0 bridgehead atoms. The van der Waals surface area contributed by atoms with Crippen LogP contribution in [0.2, 0.25) is 0 Å². The van der Waals surface area contributed by atoms with Crippen LogP contribution in [-0.2, 0) is 0 Å². The van der Waals surface area contributed by atoms with E-state index in [-0.39, 0.29) is 22.2 Å². The first-order valence-electron chi connectivity index (χ1n) is 8.92. The number of nitrogens with one attached hydrogen (secondary N) is 1. The van der Waals surface area contributed by atoms with Gasteiger partial charge in [0.1, 0.15) is 17.1 Å². The second-order valence-corrected chi connectivity index (χ2v) is 6.51. The van der Waals surface area contributed by atoms with E-state index in [9.17, 15) is 15.2 Å². The van der Waals surface area contributed by atoms with Crippen molar-refractivity contribution in [3.05, 3.63) is 52.9 Å². The minimum atomic E-state index is -0.209. The Hall–Kier alpha value is -3.14. The summed E-state index contributed by atoms with van der Waals surface area (Å²) in [5.74, 6) is 0.284. The number of hydrogen-bond acceptors (Lipinski definition) is 8. The van der Waals surface area contributed by atoms with Crippen molar-refractivity contribution in [3.63, 3.8) is 0 Å². The first-order valence-corrected chi connectivity index (χ1v) is 8.92. The maximum Gasteiger partial charge on any atom is 0.258 e. The summed E-state index contributed by atoms with van der Waals surface area (Å²) in [5.41, 5.74) is 2.34. The molecular formula is C19H21N5O4. The minimum absolute atomic E-state index is 0.0179. The number of nitrogens with zero attached hydrogens (tertiary/aromatic N) is 4. The molecule has 1 aliphatic rings. The first kappa shape index (κ1) is 18.2. The Kier molecular flexibility index (Phi) is 4.86. The number of piperazine rings is 1. The van der Waals surface area contributed by atoms with Crippen molar-refractivity contribution in [2.24, 2.45) is 0 Å². The summed E-state index contributed by atoms with van der Waals surface area (Å²) in [6.45, 7) is 3.60. The summed E-state index contributed by atoms with van der Waals surface area (Å²) in [7, 11) is 1.43. The molecule has 3 heterocycles. The van der Waals surface area contributed by atoms with Gasteiger partial charge in [0.25, 0.3) is 5.56 Å². The average molecular weight is 383 g/mol. The zero-order valence-electron chi connectivity index (χ0n) is 15.4. The third-order valence-corrected chi connectivity index (χ3v) is 4.82. The molecule has 0 atom stereocenters. The Morgan fingerprint density at radius 1 is 1.14 bits per heavy atom. The van der Waals surface area contributed by atoms with Gasteiger partial charge in [-0.25, -0.2) is 4.98 Å². The maximum atomic E-state index is 12.7. The molecule has 0 radical (unpaired) electrons. The normalized spacial score (nSPS) is 14.3. The van der Waals surface area contributed by atoms with E-state index in [2.05, 4.69) is 15.2 Å². The van der Waals surface area contributed by atoms with Gasteiger partial charge in [-0.15, -0.1) is 5.23 Å². The van der Waals surface area contributed by atoms with Crippen LogP contribution in [0.4, 0.5) is 11.4 Å². The van der Waals surface area contributed by atoms with Crippen LogP contribution in [0.1, 0.15) is 0 Å². The number of pyridine rings is 1. The predicted molar refractivity (Wildman–Crippen MR) is 105 cm³/mol. The Morgan fingerprint density at radius 2 is 1.93 bits per heavy atom. The fraction of sp³-hybridized carbons (Fsp3) is 0.263. The number of ether oxygens (including phenoxy) is 1. The van der Waals surface area contributed by atoms with Crippen LogP contribution in [0.15, 0.2) is 47.4 Å². The summed E-state index contributed by atoms with van der Waals surface area (Å²) in [6.07, 6.45) is 1.81. The molecule has 4 rings (SSSR count). The van der Waals surface area contributed by atoms with Gasteiger partial charge in [0.05, 0.1) is 18.5 Å². The van der Waals surface area contributed by atoms with Crippen molar-refractivity contribution in [1.29, 1.82) is 0 Å². The van der Waals surface area contributed by atoms with Crippen molar-refractivity contribution in [2.45, 2.75) is 0 Å². The van der Waals surface area contributed by atoms with Crippen LogP contribution in [0.5, 0.6) is 5.75 Å². The zero-order chi connectivity index (χ0) is 19.7. The molecule has 0 amide bonds. The highest BCUT2D eigenvalue weighted by atomic mass is 16.8. The smallest absolute Gasteiger partial charge is 0.258 e. The van der Waals surface area contributed by atoms with E-state index in [0.717, 1.165) is 31.9 Å². The van der Waals surface area contributed by atoms with Gasteiger partial charge in [-0.3, -0.25) is 19.6 Å². The summed E-state index contributed by atoms with van der Waals surface area (Å²) in [6, 6.07) is 9.99. The molecule has 1 aliphatic heterocycles. The van der Waals surface area contributed by atoms with Gasteiger partial charge in [-0.1, -0.05) is 0 Å². The summed E-state index contributed by atoms with van der Waals surface area (Å²) in [5, 5.41) is 22.1. The fourth-order valence-corrected chi connectivity index (χ4v) is 3.36. The predicted octanol–water partition coefficient (Wildman–Crippen LogP) is 1.36. The van der Waals surface area contributed by atoms with Gasteiger partial charge in [0, 0.05) is 44.0 Å². The van der Waals surface area contributed by atoms with E-state index >= 15 is 0 Å². The molecule has 1 aromatic carbocycles. The van der Waals surface area contributed by atoms with E-state index in [0.29, 0.717) is 16.9 Å². The van der Waals surface area contributed by atoms with Crippen molar-refractivity contribution in [2.75, 3.05) is 43.4 Å². The molecule has 0 saturated carbocycles. The molecule has 1 fully saturated rings. The third-order valence-electron chi connectivity index (χ3n) is 4.82. The Labute approximate surface area is 160 Å². The highest BCUT2D eigenvalue weighted by Crippen LogP contribution is 2.31. The molecule has 1 saturated heterocycles. The molecule has 9 nitrogen and oxygen atoms in total. The molecule has 0 spiro atoms. The number of hydrogen-bond donors (Lipinski definition) is 3. The SMILES string of the molecule is COc1ccc(-c2cc(=O)n3cc(N4CCNCC4)ccc3n2)cc1N(O)O. The van der Waals surface area contributed by atoms with E-state index in [4.69, 9.17) is 4.74 Å². The molecule has 3 N–H and O–H groups in total. The molecule has 28 heavy (non-hydrogen) atoms. The maximum absolute atomic E-state index is 12.7. The Balaban J connectivity index is 1.75. The lowest BCUT2D eigenvalue weighted by Gasteiger charge is -2.29. The summed E-state index contributed by atoms with van der Waals surface area (Å²) in [4.78, 5) is 19.5. The largest absolute Gasteiger partial charge is 0.494 e. The standard InChI is InChI=1S/C19H21N5O4/c1-28-17-4-2-13(10-16(17)24(26)27)15-11-19(25)23-12-14(3-5-18(23)21-15)22-8-6-20-7-9-22/h2-5,10-12,20,26-27H,6-9H2,1H3. The van der Waals surface area contributed by atoms with Gasteiger partial charge < -0.3 is 15.0 Å². The molecule has 9 heteroatoms. The molecule has 0 aliphatic carbocycles. The third kappa shape index (κ3) is 3.38. The molecule has 2 aromatic heterocycles. The van der Waals surface area contributed by atoms with Gasteiger partial charge in [0.2, 0.25) is 0 Å². The Bertz CT molecular complexity index is 1060. The number of fused-ring (bicyclic) bond motifs is 1. The van der Waals surface area contributed by atoms with Crippen LogP contribution in [-0.4, -0.2) is 53.1 Å². The number of benzene rings is 1. The quantitative estimate of drug-likeness (QED) is 0.581. The Morgan fingerprint density at radius 3 is 2.64 bits per heavy atom. The summed E-state index contributed by atoms with van der Waals surface area (Å²) < 4.78 is 6.63. The molecule has 0 unspecified atom stereocenters. The van der Waals surface area contributed by atoms with Crippen molar-refractivity contribution < 1.29 is 15.2 Å². The van der Waals surface area contributed by atoms with Gasteiger partial charge in [-0.05, 0) is 30.3 Å². The zero-order valence-corrected chi connectivity index (χ0v) is 15.4. The second kappa shape index (κ2) is 7.47.